The van der Waals surface area contributed by atoms with E-state index in [9.17, 15) is 8.42 Å². The molecular formula is C12H32N4O9S. The van der Waals surface area contributed by atoms with Crippen molar-refractivity contribution in [1.82, 2.24) is 0 Å². The zero-order valence-electron chi connectivity index (χ0n) is 16.4. The minimum absolute atomic E-state index is 0.360. The topological polar surface area (TPSA) is 187 Å². The van der Waals surface area contributed by atoms with E-state index in [0.29, 0.717) is 6.54 Å². The Labute approximate surface area is 154 Å². The summed E-state index contributed by atoms with van der Waals surface area (Å²) in [5.41, 5.74) is 0. The van der Waals surface area contributed by atoms with Crippen molar-refractivity contribution in [3.63, 3.8) is 0 Å². The molecule has 13 nitrogen and oxygen atoms in total. The number of quaternary nitrogens is 2. The first kappa shape index (κ1) is 31.9. The highest BCUT2D eigenvalue weighted by Gasteiger charge is 2.27. The van der Waals surface area contributed by atoms with Gasteiger partial charge in [0.1, 0.15) is 0 Å². The normalized spacial score (nSPS) is 10.8. The van der Waals surface area contributed by atoms with E-state index < -0.39 is 20.5 Å². The van der Waals surface area contributed by atoms with Crippen LogP contribution in [0.5, 0.6) is 0 Å². The summed E-state index contributed by atoms with van der Waals surface area (Å²) < 4.78 is 30.1. The molecule has 0 unspecified atom stereocenters. The molecule has 0 aliphatic carbocycles. The molecule has 0 saturated carbocycles. The van der Waals surface area contributed by atoms with Crippen molar-refractivity contribution in [2.45, 2.75) is 33.6 Å². The van der Waals surface area contributed by atoms with Crippen LogP contribution >= 0.6 is 0 Å². The molecule has 0 aromatic heterocycles. The van der Waals surface area contributed by atoms with Gasteiger partial charge in [-0.25, -0.2) is 4.55 Å². The molecule has 160 valence electrons. The second kappa shape index (κ2) is 15.5. The van der Waals surface area contributed by atoms with Crippen molar-refractivity contribution in [2.24, 2.45) is 0 Å². The highest BCUT2D eigenvalue weighted by Crippen LogP contribution is 2.02. The lowest BCUT2D eigenvalue weighted by atomic mass is 10.3. The van der Waals surface area contributed by atoms with Gasteiger partial charge < -0.3 is 35.1 Å². The second-order valence-corrected chi connectivity index (χ2v) is 8.05. The van der Waals surface area contributed by atoms with E-state index >= 15 is 0 Å². The number of hydrogen-bond acceptors (Lipinski definition) is 8. The summed E-state index contributed by atoms with van der Waals surface area (Å²) in [7, 11) is 3.53. The molecule has 0 aromatic carbocycles. The molecule has 14 heteroatoms. The van der Waals surface area contributed by atoms with Crippen LogP contribution in [-0.4, -0.2) is 79.3 Å². The molecule has 1 N–H and O–H groups in total. The Balaban J connectivity index is -0.000000134. The van der Waals surface area contributed by atoms with Crippen molar-refractivity contribution in [1.29, 1.82) is 0 Å². The zero-order chi connectivity index (χ0) is 22.2. The van der Waals surface area contributed by atoms with Crippen LogP contribution < -0.4 is 0 Å². The first-order valence-corrected chi connectivity index (χ1v) is 9.05. The maximum atomic E-state index is 10.4. The standard InChI is InChI=1S/C8H20N.C4H11NO3S.2NO3/c1-5-7-9(3,4)8-6-2;1-4-5(2,3)9(6,7)8;2*2-1(3)4/h5-8H2,1-4H3;4H2,1-3H3;;/q+1;;2*-1/p+1. The molecule has 26 heavy (non-hydrogen) atoms. The summed E-state index contributed by atoms with van der Waals surface area (Å²) in [5.74, 6) is 0. The first-order chi connectivity index (χ1) is 11.4. The van der Waals surface area contributed by atoms with Crippen molar-refractivity contribution in [3.05, 3.63) is 30.6 Å². The SMILES string of the molecule is CCC[N+](C)(C)CCC.CC[N+](C)(C)S(=O)(=O)O.O=[N+]([O-])[O-].O=[N+]([O-])[O-]. The van der Waals surface area contributed by atoms with E-state index in [4.69, 9.17) is 35.2 Å². The molecule has 0 amide bonds. The molecule has 0 fully saturated rings. The molecule has 0 saturated heterocycles. The monoisotopic (exact) mass is 408 g/mol. The van der Waals surface area contributed by atoms with Crippen molar-refractivity contribution >= 4 is 10.3 Å². The molecule has 0 heterocycles. The third-order valence-corrected chi connectivity index (χ3v) is 4.55. The molecule has 0 aromatic rings. The number of hydrogen-bond donors (Lipinski definition) is 1. The molecule has 0 rings (SSSR count). The summed E-state index contributed by atoms with van der Waals surface area (Å²) in [6, 6.07) is 0. The predicted octanol–water partition coefficient (Wildman–Crippen LogP) is 1.29. The van der Waals surface area contributed by atoms with E-state index in [2.05, 4.69) is 27.9 Å². The van der Waals surface area contributed by atoms with Crippen LogP contribution in [0, 0.1) is 30.6 Å². The minimum Gasteiger partial charge on any atom is -0.356 e. The summed E-state index contributed by atoms with van der Waals surface area (Å²) in [6.45, 7) is 9.17. The summed E-state index contributed by atoms with van der Waals surface area (Å²) in [4.78, 5) is 16.5. The number of nitrogens with zero attached hydrogens (tertiary/aromatic N) is 4. The van der Waals surface area contributed by atoms with E-state index in [1.807, 2.05) is 0 Å². The molecular weight excluding hydrogens is 376 g/mol. The van der Waals surface area contributed by atoms with Crippen LogP contribution in [0.1, 0.15) is 33.6 Å². The van der Waals surface area contributed by atoms with Crippen molar-refractivity contribution < 1.29 is 31.5 Å². The Hall–Kier alpha value is -1.77. The maximum Gasteiger partial charge on any atom is 0.432 e. The van der Waals surface area contributed by atoms with Gasteiger partial charge in [0, 0.05) is 0 Å². The van der Waals surface area contributed by atoms with Gasteiger partial charge in [0.05, 0.1) is 58.0 Å². The maximum absolute atomic E-state index is 10.4. The van der Waals surface area contributed by atoms with Gasteiger partial charge in [-0.2, -0.15) is 3.89 Å². The van der Waals surface area contributed by atoms with E-state index in [1.165, 1.54) is 44.5 Å². The largest absolute Gasteiger partial charge is 0.432 e. The van der Waals surface area contributed by atoms with E-state index in [-0.39, 0.29) is 3.89 Å². The third kappa shape index (κ3) is 30.1. The molecule has 0 aliphatic rings. The molecule has 0 atom stereocenters. The Morgan fingerprint density at radius 3 is 1.12 bits per heavy atom. The lowest BCUT2D eigenvalue weighted by Gasteiger charge is -2.28. The van der Waals surface area contributed by atoms with Gasteiger partial charge in [-0.15, -0.1) is 8.42 Å². The Morgan fingerprint density at radius 2 is 1.04 bits per heavy atom. The average Bonchev–Trinajstić information content (AvgIpc) is 2.36. The molecule has 0 spiro atoms. The number of rotatable bonds is 6. The van der Waals surface area contributed by atoms with Gasteiger partial charge in [0.25, 0.3) is 0 Å². The summed E-state index contributed by atoms with van der Waals surface area (Å²) in [5, 5.41) is 29.5. The van der Waals surface area contributed by atoms with Crippen molar-refractivity contribution in [3.8, 4) is 0 Å². The zero-order valence-corrected chi connectivity index (χ0v) is 17.3. The second-order valence-electron chi connectivity index (χ2n) is 6.17. The fraction of sp³-hybridized carbons (Fsp3) is 1.00. The van der Waals surface area contributed by atoms with E-state index in [1.54, 1.807) is 6.92 Å². The fourth-order valence-electron chi connectivity index (χ4n) is 1.49. The summed E-state index contributed by atoms with van der Waals surface area (Å²) >= 11 is 0. The Kier molecular flexibility index (Phi) is 19.0. The lowest BCUT2D eigenvalue weighted by Crippen LogP contribution is -2.44. The van der Waals surface area contributed by atoms with Crippen molar-refractivity contribution in [2.75, 3.05) is 47.8 Å². The van der Waals surface area contributed by atoms with Crippen LogP contribution in [0.3, 0.4) is 0 Å². The van der Waals surface area contributed by atoms with Gasteiger partial charge in [0.2, 0.25) is 0 Å². The fourth-order valence-corrected chi connectivity index (χ4v) is 1.81. The van der Waals surface area contributed by atoms with E-state index in [0.717, 1.165) is 0 Å². The van der Waals surface area contributed by atoms with Crippen LogP contribution in [0.15, 0.2) is 0 Å². The first-order valence-electron chi connectivity index (χ1n) is 7.65. The van der Waals surface area contributed by atoms with Crippen LogP contribution in [0.2, 0.25) is 0 Å². The van der Waals surface area contributed by atoms with Crippen LogP contribution in [0.25, 0.3) is 0 Å². The van der Waals surface area contributed by atoms with Crippen LogP contribution in [-0.2, 0) is 10.3 Å². The summed E-state index contributed by atoms with van der Waals surface area (Å²) in [6.07, 6.45) is 2.60. The Morgan fingerprint density at radius 1 is 0.808 bits per heavy atom. The third-order valence-electron chi connectivity index (χ3n) is 3.04. The Bertz CT molecular complexity index is 453. The highest BCUT2D eigenvalue weighted by atomic mass is 32.2. The van der Waals surface area contributed by atoms with Crippen LogP contribution in [0.4, 0.5) is 0 Å². The quantitative estimate of drug-likeness (QED) is 0.292. The lowest BCUT2D eigenvalue weighted by molar-refractivity contribution is -0.890. The average molecular weight is 408 g/mol. The molecule has 0 aliphatic heterocycles. The van der Waals surface area contributed by atoms with Gasteiger partial charge in [0.15, 0.2) is 0 Å². The van der Waals surface area contributed by atoms with Gasteiger partial charge in [-0.05, 0) is 19.8 Å². The highest BCUT2D eigenvalue weighted by molar-refractivity contribution is 7.80. The molecule has 0 radical (unpaired) electrons. The molecule has 0 bridgehead atoms. The van der Waals surface area contributed by atoms with Gasteiger partial charge in [-0.3, -0.25) is 0 Å². The predicted molar refractivity (Wildman–Crippen MR) is 97.3 cm³/mol. The minimum atomic E-state index is -3.91. The smallest absolute Gasteiger partial charge is 0.356 e. The van der Waals surface area contributed by atoms with Gasteiger partial charge in [-0.1, -0.05) is 13.8 Å². The van der Waals surface area contributed by atoms with Gasteiger partial charge >= 0.3 is 10.3 Å².